The summed E-state index contributed by atoms with van der Waals surface area (Å²) in [6.07, 6.45) is 3.68. The number of hydrogen-bond acceptors (Lipinski definition) is 3. The van der Waals surface area contributed by atoms with Crippen molar-refractivity contribution >= 4 is 5.91 Å². The van der Waals surface area contributed by atoms with Crippen LogP contribution in [0, 0.1) is 23.2 Å². The van der Waals surface area contributed by atoms with Gasteiger partial charge in [-0.15, -0.1) is 0 Å². The van der Waals surface area contributed by atoms with E-state index in [1.807, 2.05) is 4.90 Å². The lowest BCUT2D eigenvalue weighted by Gasteiger charge is -2.35. The molecule has 2 rings (SSSR count). The lowest BCUT2D eigenvalue weighted by molar-refractivity contribution is -0.135. The smallest absolute Gasteiger partial charge is 0.223 e. The molecule has 94 valence electrons. The summed E-state index contributed by atoms with van der Waals surface area (Å²) < 4.78 is 0. The number of carbonyl (C=O) groups is 1. The summed E-state index contributed by atoms with van der Waals surface area (Å²) in [5, 5.41) is 8.82. The number of carbonyl (C=O) groups excluding carboxylic acids is 1. The summed E-state index contributed by atoms with van der Waals surface area (Å²) in [5.41, 5.74) is 0. The van der Waals surface area contributed by atoms with Crippen molar-refractivity contribution in [1.29, 1.82) is 5.26 Å². The highest BCUT2D eigenvalue weighted by molar-refractivity contribution is 5.77. The van der Waals surface area contributed by atoms with E-state index in [2.05, 4.69) is 18.0 Å². The Morgan fingerprint density at radius 3 is 2.59 bits per heavy atom. The van der Waals surface area contributed by atoms with Gasteiger partial charge in [0.1, 0.15) is 0 Å². The van der Waals surface area contributed by atoms with Crippen molar-refractivity contribution in [2.24, 2.45) is 11.8 Å². The Hall–Kier alpha value is -1.08. The largest absolute Gasteiger partial charge is 0.342 e. The Labute approximate surface area is 103 Å². The van der Waals surface area contributed by atoms with Crippen molar-refractivity contribution < 1.29 is 4.79 Å². The van der Waals surface area contributed by atoms with Gasteiger partial charge in [0.2, 0.25) is 5.91 Å². The first kappa shape index (κ1) is 12.4. The lowest BCUT2D eigenvalue weighted by atomic mass is 9.93. The third kappa shape index (κ3) is 3.19. The lowest BCUT2D eigenvalue weighted by Crippen LogP contribution is -2.43. The molecule has 0 aromatic carbocycles. The average molecular weight is 235 g/mol. The van der Waals surface area contributed by atoms with Gasteiger partial charge in [0.05, 0.1) is 12.0 Å². The minimum atomic E-state index is -0.0451. The van der Waals surface area contributed by atoms with E-state index in [4.69, 9.17) is 5.26 Å². The van der Waals surface area contributed by atoms with Gasteiger partial charge in [0, 0.05) is 19.5 Å². The van der Waals surface area contributed by atoms with Crippen LogP contribution in [0.1, 0.15) is 25.7 Å². The quantitative estimate of drug-likeness (QED) is 0.720. The fourth-order valence-electron chi connectivity index (χ4n) is 2.74. The first-order valence-electron chi connectivity index (χ1n) is 6.55. The van der Waals surface area contributed by atoms with Crippen molar-refractivity contribution in [3.63, 3.8) is 0 Å². The second kappa shape index (κ2) is 5.50. The molecule has 0 aliphatic carbocycles. The molecule has 2 fully saturated rings. The summed E-state index contributed by atoms with van der Waals surface area (Å²) in [7, 11) is 2.15. The maximum absolute atomic E-state index is 11.9. The third-order valence-corrected chi connectivity index (χ3v) is 4.02. The molecule has 4 nitrogen and oxygen atoms in total. The van der Waals surface area contributed by atoms with E-state index < -0.39 is 0 Å². The van der Waals surface area contributed by atoms with Gasteiger partial charge in [0.25, 0.3) is 0 Å². The molecule has 0 N–H and O–H groups in total. The summed E-state index contributed by atoms with van der Waals surface area (Å²) in [6.45, 7) is 3.98. The fraction of sp³-hybridized carbons (Fsp3) is 0.846. The van der Waals surface area contributed by atoms with Crippen LogP contribution in [-0.2, 0) is 4.79 Å². The van der Waals surface area contributed by atoms with Crippen LogP contribution in [0.4, 0.5) is 0 Å². The zero-order valence-corrected chi connectivity index (χ0v) is 10.6. The molecule has 2 saturated heterocycles. The van der Waals surface area contributed by atoms with Gasteiger partial charge in [-0.1, -0.05) is 0 Å². The molecule has 2 aliphatic heterocycles. The van der Waals surface area contributed by atoms with Crippen molar-refractivity contribution in [3.8, 4) is 6.07 Å². The van der Waals surface area contributed by atoms with Crippen molar-refractivity contribution in [2.75, 3.05) is 33.2 Å². The highest BCUT2D eigenvalue weighted by Crippen LogP contribution is 2.22. The van der Waals surface area contributed by atoms with Crippen LogP contribution in [0.3, 0.4) is 0 Å². The van der Waals surface area contributed by atoms with Gasteiger partial charge in [0.15, 0.2) is 0 Å². The van der Waals surface area contributed by atoms with Gasteiger partial charge in [-0.2, -0.15) is 5.26 Å². The topological polar surface area (TPSA) is 47.3 Å². The number of likely N-dealkylation sites (tertiary alicyclic amines) is 2. The summed E-state index contributed by atoms with van der Waals surface area (Å²) in [4.78, 5) is 16.2. The van der Waals surface area contributed by atoms with E-state index in [1.165, 1.54) is 12.8 Å². The molecule has 4 heteroatoms. The maximum Gasteiger partial charge on any atom is 0.223 e. The minimum Gasteiger partial charge on any atom is -0.342 e. The standard InChI is InChI=1S/C13H21N3O/c1-15-5-2-11(3-6-15)10-16-7-4-12(9-14)8-13(16)17/h11-12H,2-8,10H2,1H3. The highest BCUT2D eigenvalue weighted by atomic mass is 16.2. The third-order valence-electron chi connectivity index (χ3n) is 4.02. The van der Waals surface area contributed by atoms with Crippen molar-refractivity contribution in [2.45, 2.75) is 25.7 Å². The number of hydrogen-bond donors (Lipinski definition) is 0. The second-order valence-electron chi connectivity index (χ2n) is 5.41. The van der Waals surface area contributed by atoms with Crippen LogP contribution in [0.5, 0.6) is 0 Å². The predicted molar refractivity (Wildman–Crippen MR) is 65.1 cm³/mol. The van der Waals surface area contributed by atoms with Crippen LogP contribution < -0.4 is 0 Å². The molecule has 1 amide bonds. The zero-order valence-electron chi connectivity index (χ0n) is 10.6. The Kier molecular flexibility index (Phi) is 4.01. The van der Waals surface area contributed by atoms with E-state index in [0.29, 0.717) is 12.3 Å². The van der Waals surface area contributed by atoms with Crippen LogP contribution >= 0.6 is 0 Å². The molecule has 0 bridgehead atoms. The fourth-order valence-corrected chi connectivity index (χ4v) is 2.74. The van der Waals surface area contributed by atoms with Gasteiger partial charge in [-0.25, -0.2) is 0 Å². The summed E-state index contributed by atoms with van der Waals surface area (Å²) >= 11 is 0. The number of nitriles is 1. The normalized spacial score (nSPS) is 28.1. The summed E-state index contributed by atoms with van der Waals surface area (Å²) in [5.74, 6) is 0.798. The van der Waals surface area contributed by atoms with Gasteiger partial charge in [-0.05, 0) is 45.3 Å². The Bertz CT molecular complexity index is 315. The second-order valence-corrected chi connectivity index (χ2v) is 5.41. The van der Waals surface area contributed by atoms with Gasteiger partial charge >= 0.3 is 0 Å². The first-order valence-corrected chi connectivity index (χ1v) is 6.55. The van der Waals surface area contributed by atoms with Crippen LogP contribution in [0.25, 0.3) is 0 Å². The average Bonchev–Trinajstić information content (AvgIpc) is 2.34. The Balaban J connectivity index is 1.80. The van der Waals surface area contributed by atoms with Crippen molar-refractivity contribution in [3.05, 3.63) is 0 Å². The van der Waals surface area contributed by atoms with Gasteiger partial charge < -0.3 is 9.80 Å². The first-order chi connectivity index (χ1) is 8.19. The maximum atomic E-state index is 11.9. The van der Waals surface area contributed by atoms with Crippen LogP contribution in [0.15, 0.2) is 0 Å². The van der Waals surface area contributed by atoms with E-state index in [9.17, 15) is 4.79 Å². The molecule has 0 aromatic heterocycles. The molecule has 1 atom stereocenters. The molecule has 2 aliphatic rings. The molecular weight excluding hydrogens is 214 g/mol. The molecular formula is C13H21N3O. The predicted octanol–water partition coefficient (Wildman–Crippen LogP) is 1.09. The highest BCUT2D eigenvalue weighted by Gasteiger charge is 2.28. The van der Waals surface area contributed by atoms with Crippen LogP contribution in [-0.4, -0.2) is 48.9 Å². The minimum absolute atomic E-state index is 0.0451. The number of piperidine rings is 2. The van der Waals surface area contributed by atoms with Gasteiger partial charge in [-0.3, -0.25) is 4.79 Å². The zero-order chi connectivity index (χ0) is 12.3. The van der Waals surface area contributed by atoms with E-state index in [-0.39, 0.29) is 11.8 Å². The molecule has 0 saturated carbocycles. The molecule has 17 heavy (non-hydrogen) atoms. The number of amides is 1. The Morgan fingerprint density at radius 2 is 2.00 bits per heavy atom. The molecule has 2 heterocycles. The number of nitrogens with zero attached hydrogens (tertiary/aromatic N) is 3. The van der Waals surface area contributed by atoms with E-state index in [0.717, 1.165) is 32.6 Å². The molecule has 0 spiro atoms. The monoisotopic (exact) mass is 235 g/mol. The van der Waals surface area contributed by atoms with Crippen molar-refractivity contribution in [1.82, 2.24) is 9.80 Å². The van der Waals surface area contributed by atoms with Crippen LogP contribution in [0.2, 0.25) is 0 Å². The van der Waals surface area contributed by atoms with E-state index >= 15 is 0 Å². The van der Waals surface area contributed by atoms with E-state index in [1.54, 1.807) is 0 Å². The Morgan fingerprint density at radius 1 is 1.29 bits per heavy atom. The number of rotatable bonds is 2. The molecule has 1 unspecified atom stereocenters. The molecule has 0 radical (unpaired) electrons. The SMILES string of the molecule is CN1CCC(CN2CCC(C#N)CC2=O)CC1. The molecule has 0 aromatic rings. The summed E-state index contributed by atoms with van der Waals surface area (Å²) in [6, 6.07) is 2.21.